The molecule has 0 spiro atoms. The minimum absolute atomic E-state index is 0.0807. The first-order valence-electron chi connectivity index (χ1n) is 9.33. The fourth-order valence-corrected chi connectivity index (χ4v) is 3.41. The Balaban J connectivity index is 0.000000880. The fraction of sp³-hybridized carbons (Fsp3) is 0.429. The van der Waals surface area contributed by atoms with Crippen LogP contribution in [-0.2, 0) is 22.3 Å². The van der Waals surface area contributed by atoms with E-state index < -0.39 is 0 Å². The van der Waals surface area contributed by atoms with Gasteiger partial charge in [0.05, 0.1) is 11.7 Å². The van der Waals surface area contributed by atoms with Crippen molar-refractivity contribution in [3.63, 3.8) is 0 Å². The average molecular weight is 337 g/mol. The first kappa shape index (κ1) is 18.0. The minimum atomic E-state index is -0.301. The normalized spacial score (nSPS) is 22.7. The highest BCUT2D eigenvalue weighted by molar-refractivity contribution is 6.53. The molecule has 1 aromatic heterocycles. The third-order valence-electron chi connectivity index (χ3n) is 5.07. The van der Waals surface area contributed by atoms with Crippen LogP contribution in [0.4, 0.5) is 0 Å². The van der Waals surface area contributed by atoms with Crippen molar-refractivity contribution in [1.29, 1.82) is 0 Å². The van der Waals surface area contributed by atoms with Gasteiger partial charge in [0.1, 0.15) is 0 Å². The molecule has 3 heterocycles. The molecule has 0 aliphatic carbocycles. The van der Waals surface area contributed by atoms with Crippen LogP contribution in [0.2, 0.25) is 0 Å². The van der Waals surface area contributed by atoms with E-state index in [1.807, 2.05) is 13.8 Å². The van der Waals surface area contributed by atoms with Crippen LogP contribution in [0.15, 0.2) is 48.6 Å². The lowest BCUT2D eigenvalue weighted by Gasteiger charge is -2.21. The zero-order chi connectivity index (χ0) is 18.0. The molecule has 0 amide bonds. The van der Waals surface area contributed by atoms with E-state index >= 15 is 0 Å². The second-order valence-electron chi connectivity index (χ2n) is 6.94. The van der Waals surface area contributed by atoms with Crippen LogP contribution >= 0.6 is 0 Å². The molecule has 3 nitrogen and oxygen atoms in total. The number of hydrogen-bond donors (Lipinski definition) is 0. The predicted molar refractivity (Wildman–Crippen MR) is 104 cm³/mol. The topological polar surface area (TPSA) is 23.4 Å². The first-order valence-corrected chi connectivity index (χ1v) is 9.33. The highest BCUT2D eigenvalue weighted by Gasteiger charge is 2.42. The second-order valence-corrected chi connectivity index (χ2v) is 6.94. The summed E-state index contributed by atoms with van der Waals surface area (Å²) < 4.78 is 14.4. The molecule has 1 aromatic carbocycles. The van der Waals surface area contributed by atoms with Crippen molar-refractivity contribution < 1.29 is 9.31 Å². The summed E-state index contributed by atoms with van der Waals surface area (Å²) in [5.41, 5.74) is 4.85. The number of nitrogens with zero attached hydrogens (tertiary/aromatic N) is 1. The Morgan fingerprint density at radius 2 is 1.92 bits per heavy atom. The maximum absolute atomic E-state index is 6.10. The molecule has 4 heteroatoms. The Labute approximate surface area is 151 Å². The van der Waals surface area contributed by atoms with Gasteiger partial charge in [0.25, 0.3) is 0 Å². The molecule has 1 saturated heterocycles. The van der Waals surface area contributed by atoms with Gasteiger partial charge >= 0.3 is 7.12 Å². The number of fused-ring (bicyclic) bond motifs is 2. The Morgan fingerprint density at radius 3 is 2.64 bits per heavy atom. The number of aryl methyl sites for hydroxylation is 2. The zero-order valence-corrected chi connectivity index (χ0v) is 16.0. The first-order chi connectivity index (χ1) is 12.0. The van der Waals surface area contributed by atoms with E-state index in [-0.39, 0.29) is 18.8 Å². The lowest BCUT2D eigenvalue weighted by molar-refractivity contribution is 0.0842. The second kappa shape index (κ2) is 7.23. The third kappa shape index (κ3) is 3.46. The Morgan fingerprint density at radius 1 is 1.16 bits per heavy atom. The van der Waals surface area contributed by atoms with E-state index in [1.54, 1.807) is 0 Å². The van der Waals surface area contributed by atoms with Crippen LogP contribution in [-0.4, -0.2) is 23.4 Å². The molecule has 2 aromatic rings. The summed E-state index contributed by atoms with van der Waals surface area (Å²) >= 11 is 0. The number of aromatic nitrogens is 1. The Hall–Kier alpha value is -1.78. The van der Waals surface area contributed by atoms with E-state index in [4.69, 9.17) is 9.31 Å². The summed E-state index contributed by atoms with van der Waals surface area (Å²) in [7, 11) is -0.301. The molecular weight excluding hydrogens is 309 g/mol. The summed E-state index contributed by atoms with van der Waals surface area (Å²) in [5, 5.41) is 0. The predicted octanol–water partition coefficient (Wildman–Crippen LogP) is 4.74. The van der Waals surface area contributed by atoms with Crippen LogP contribution in [0.1, 0.15) is 51.4 Å². The van der Waals surface area contributed by atoms with Gasteiger partial charge in [-0.1, -0.05) is 38.1 Å². The number of rotatable bonds is 1. The smallest absolute Gasteiger partial charge is 0.402 e. The van der Waals surface area contributed by atoms with Crippen LogP contribution in [0.5, 0.6) is 0 Å². The summed E-state index contributed by atoms with van der Waals surface area (Å²) in [6.45, 7) is 11.2. The molecule has 1 atom stereocenters. The van der Waals surface area contributed by atoms with Crippen molar-refractivity contribution >= 4 is 12.7 Å². The molecular formula is C21H28BNO2. The van der Waals surface area contributed by atoms with Gasteiger partial charge in [0, 0.05) is 18.4 Å². The van der Waals surface area contributed by atoms with Crippen molar-refractivity contribution in [1.82, 2.24) is 4.57 Å². The SMILES string of the molecule is CC.CC1OB(/C=C2/c3ccccc3CCn3cccc32)OC1(C)C. The third-order valence-corrected chi connectivity index (χ3v) is 5.07. The average Bonchev–Trinajstić information content (AvgIpc) is 3.13. The Bertz CT molecular complexity index is 763. The van der Waals surface area contributed by atoms with Gasteiger partial charge in [-0.3, -0.25) is 0 Å². The van der Waals surface area contributed by atoms with Gasteiger partial charge in [-0.2, -0.15) is 0 Å². The summed E-state index contributed by atoms with van der Waals surface area (Å²) in [6, 6.07) is 12.9. The Kier molecular flexibility index (Phi) is 5.21. The van der Waals surface area contributed by atoms with Gasteiger partial charge in [0.15, 0.2) is 0 Å². The van der Waals surface area contributed by atoms with Gasteiger partial charge in [0.2, 0.25) is 0 Å². The van der Waals surface area contributed by atoms with Crippen molar-refractivity contribution in [3.05, 3.63) is 65.4 Å². The number of benzene rings is 1. The van der Waals surface area contributed by atoms with Gasteiger partial charge < -0.3 is 13.9 Å². The van der Waals surface area contributed by atoms with Crippen molar-refractivity contribution in [2.24, 2.45) is 0 Å². The molecule has 4 rings (SSSR count). The molecule has 0 saturated carbocycles. The maximum atomic E-state index is 6.10. The highest BCUT2D eigenvalue weighted by atomic mass is 16.7. The van der Waals surface area contributed by atoms with Crippen molar-refractivity contribution in [2.75, 3.05) is 0 Å². The van der Waals surface area contributed by atoms with E-state index in [0.717, 1.165) is 13.0 Å². The minimum Gasteiger partial charge on any atom is -0.402 e. The summed E-state index contributed by atoms with van der Waals surface area (Å²) in [6.07, 6.45) is 3.28. The number of hydrogen-bond acceptors (Lipinski definition) is 2. The standard InChI is InChI=1S/C19H22BNO2.C2H6/c1-14-19(2,3)23-20(22-14)13-17-16-8-5-4-7-15(16)10-12-21-11-6-9-18(17)21;1-2/h4-9,11,13-14H,10,12H2,1-3H3;1-2H3/b17-13-;. The van der Waals surface area contributed by atoms with Crippen LogP contribution in [0.3, 0.4) is 0 Å². The van der Waals surface area contributed by atoms with Crippen molar-refractivity contribution in [3.8, 4) is 0 Å². The molecule has 2 aliphatic rings. The maximum Gasteiger partial charge on any atom is 0.487 e. The molecule has 132 valence electrons. The zero-order valence-electron chi connectivity index (χ0n) is 16.0. The van der Waals surface area contributed by atoms with Gasteiger partial charge in [-0.05, 0) is 62.0 Å². The van der Waals surface area contributed by atoms with Gasteiger partial charge in [-0.25, -0.2) is 0 Å². The van der Waals surface area contributed by atoms with E-state index in [9.17, 15) is 0 Å². The summed E-state index contributed by atoms with van der Waals surface area (Å²) in [4.78, 5) is 0. The largest absolute Gasteiger partial charge is 0.487 e. The molecule has 1 fully saturated rings. The van der Waals surface area contributed by atoms with Crippen LogP contribution < -0.4 is 0 Å². The molecule has 0 radical (unpaired) electrons. The van der Waals surface area contributed by atoms with Crippen LogP contribution in [0.25, 0.3) is 5.57 Å². The van der Waals surface area contributed by atoms with Crippen molar-refractivity contribution in [2.45, 2.75) is 59.3 Å². The van der Waals surface area contributed by atoms with E-state index in [1.165, 1.54) is 22.4 Å². The molecule has 0 N–H and O–H groups in total. The van der Waals surface area contributed by atoms with Gasteiger partial charge in [-0.15, -0.1) is 0 Å². The lowest BCUT2D eigenvalue weighted by Crippen LogP contribution is -2.30. The molecule has 25 heavy (non-hydrogen) atoms. The van der Waals surface area contributed by atoms with E-state index in [0.29, 0.717) is 0 Å². The summed E-state index contributed by atoms with van der Waals surface area (Å²) in [5.74, 6) is 2.14. The highest BCUT2D eigenvalue weighted by Crippen LogP contribution is 2.34. The lowest BCUT2D eigenvalue weighted by atomic mass is 9.83. The molecule has 0 bridgehead atoms. The van der Waals surface area contributed by atoms with Crippen LogP contribution in [0, 0.1) is 0 Å². The quantitative estimate of drug-likeness (QED) is 0.702. The molecule has 2 aliphatic heterocycles. The van der Waals surface area contributed by atoms with E-state index in [2.05, 4.69) is 73.9 Å². The fourth-order valence-electron chi connectivity index (χ4n) is 3.41. The molecule has 1 unspecified atom stereocenters. The monoisotopic (exact) mass is 337 g/mol.